The first-order valence-corrected chi connectivity index (χ1v) is 11.8. The fourth-order valence-corrected chi connectivity index (χ4v) is 3.74. The highest BCUT2D eigenvalue weighted by Gasteiger charge is 2.25. The number of hydrogen-bond donors (Lipinski definition) is 3. The maximum Gasteiger partial charge on any atom is 0.277 e. The number of hydroxylamine groups is 1. The standard InChI is InChI=1S/C25H19F4IN4O2/c26-18-12-16(30)5-6-19(18)33-23-17(25(35)34-36-9-1-2-13-3-4-13)11-15(20(27)22(23)29)10-14-7-8-32-24(31)21(14)28/h5-8,11-13,33H,3-4,9-10H2,(H2,31,32)(H,34,35). The maximum atomic E-state index is 15.3. The number of amides is 1. The molecule has 186 valence electrons. The summed E-state index contributed by atoms with van der Waals surface area (Å²) in [6, 6.07) is 6.35. The Hall–Kier alpha value is -3.37. The molecular formula is C25H19F4IN4O2. The highest BCUT2D eigenvalue weighted by Crippen LogP contribution is 2.32. The molecule has 36 heavy (non-hydrogen) atoms. The maximum absolute atomic E-state index is 15.3. The van der Waals surface area contributed by atoms with Gasteiger partial charge in [-0.05, 0) is 76.9 Å². The highest BCUT2D eigenvalue weighted by atomic mass is 127. The molecule has 0 saturated heterocycles. The number of hydrogen-bond acceptors (Lipinski definition) is 5. The van der Waals surface area contributed by atoms with E-state index in [1.165, 1.54) is 24.4 Å². The van der Waals surface area contributed by atoms with E-state index in [0.29, 0.717) is 9.49 Å². The first-order chi connectivity index (χ1) is 17.2. The first kappa shape index (κ1) is 25.7. The molecule has 0 unspecified atom stereocenters. The van der Waals surface area contributed by atoms with Gasteiger partial charge in [-0.1, -0.05) is 11.8 Å². The van der Waals surface area contributed by atoms with Crippen LogP contribution in [0.15, 0.2) is 36.5 Å². The summed E-state index contributed by atoms with van der Waals surface area (Å²) in [5, 5.41) is 2.45. The van der Waals surface area contributed by atoms with E-state index in [1.807, 2.05) is 22.6 Å². The monoisotopic (exact) mass is 610 g/mol. The van der Waals surface area contributed by atoms with Gasteiger partial charge in [0.05, 0.1) is 16.9 Å². The van der Waals surface area contributed by atoms with E-state index >= 15 is 8.78 Å². The molecule has 1 aliphatic rings. The largest absolute Gasteiger partial charge is 0.381 e. The fraction of sp³-hybridized carbons (Fsp3) is 0.200. The second-order valence-corrected chi connectivity index (χ2v) is 9.24. The van der Waals surface area contributed by atoms with E-state index in [4.69, 9.17) is 10.6 Å². The van der Waals surface area contributed by atoms with E-state index < -0.39 is 47.1 Å². The highest BCUT2D eigenvalue weighted by molar-refractivity contribution is 14.1. The molecule has 1 fully saturated rings. The van der Waals surface area contributed by atoms with Crippen molar-refractivity contribution in [3.8, 4) is 11.8 Å². The number of nitrogen functional groups attached to an aromatic ring is 1. The van der Waals surface area contributed by atoms with Crippen molar-refractivity contribution < 1.29 is 27.2 Å². The van der Waals surface area contributed by atoms with Crippen LogP contribution >= 0.6 is 22.6 Å². The molecule has 4 N–H and O–H groups in total. The number of aromatic nitrogens is 1. The summed E-state index contributed by atoms with van der Waals surface area (Å²) in [6.45, 7) is -0.116. The van der Waals surface area contributed by atoms with Crippen molar-refractivity contribution in [3.05, 3.63) is 80.1 Å². The number of carbonyl (C=O) groups is 1. The van der Waals surface area contributed by atoms with Crippen molar-refractivity contribution in [1.82, 2.24) is 10.5 Å². The number of nitrogens with two attached hydrogens (primary N) is 1. The van der Waals surface area contributed by atoms with Crippen LogP contribution in [0.5, 0.6) is 0 Å². The number of anilines is 3. The van der Waals surface area contributed by atoms with Gasteiger partial charge < -0.3 is 11.1 Å². The smallest absolute Gasteiger partial charge is 0.277 e. The molecule has 0 spiro atoms. The van der Waals surface area contributed by atoms with Crippen molar-refractivity contribution in [2.24, 2.45) is 5.92 Å². The van der Waals surface area contributed by atoms with E-state index in [2.05, 4.69) is 27.6 Å². The number of rotatable bonds is 7. The predicted octanol–water partition coefficient (Wildman–Crippen LogP) is 5.23. The van der Waals surface area contributed by atoms with Crippen LogP contribution in [-0.4, -0.2) is 17.5 Å². The molecular weight excluding hydrogens is 591 g/mol. The number of halogens is 5. The van der Waals surface area contributed by atoms with Gasteiger partial charge >= 0.3 is 0 Å². The molecule has 1 heterocycles. The molecule has 0 atom stereocenters. The number of nitrogens with one attached hydrogen (secondary N) is 2. The zero-order chi connectivity index (χ0) is 25.8. The number of nitrogens with zero attached hydrogens (tertiary/aromatic N) is 1. The van der Waals surface area contributed by atoms with Gasteiger partial charge in [0.15, 0.2) is 23.3 Å². The lowest BCUT2D eigenvalue weighted by Gasteiger charge is -2.17. The third-order valence-electron chi connectivity index (χ3n) is 5.29. The third kappa shape index (κ3) is 6.06. The molecule has 1 amide bonds. The molecule has 0 aliphatic heterocycles. The quantitative estimate of drug-likeness (QED) is 0.112. The molecule has 1 aromatic heterocycles. The summed E-state index contributed by atoms with van der Waals surface area (Å²) in [6.07, 6.45) is 2.84. The molecule has 11 heteroatoms. The Kier molecular flexibility index (Phi) is 7.95. The lowest BCUT2D eigenvalue weighted by Crippen LogP contribution is -2.26. The Morgan fingerprint density at radius 2 is 1.89 bits per heavy atom. The minimum absolute atomic E-state index is 0.0526. The average Bonchev–Trinajstić information content (AvgIpc) is 3.67. The summed E-state index contributed by atoms with van der Waals surface area (Å²) >= 11 is 1.89. The number of benzene rings is 2. The van der Waals surface area contributed by atoms with Gasteiger partial charge in [-0.15, -0.1) is 0 Å². The second kappa shape index (κ2) is 11.1. The SMILES string of the molecule is Nc1nccc(Cc2cc(C(=O)NOCC#CC3CC3)c(Nc3ccc(I)cc3F)c(F)c2F)c1F. The molecule has 2 aromatic carbocycles. The molecule has 1 aliphatic carbocycles. The van der Waals surface area contributed by atoms with Crippen molar-refractivity contribution in [2.45, 2.75) is 19.3 Å². The Morgan fingerprint density at radius 3 is 2.61 bits per heavy atom. The molecule has 1 saturated carbocycles. The summed E-state index contributed by atoms with van der Waals surface area (Å²) in [4.78, 5) is 21.5. The predicted molar refractivity (Wildman–Crippen MR) is 134 cm³/mol. The van der Waals surface area contributed by atoms with E-state index in [0.717, 1.165) is 18.9 Å². The van der Waals surface area contributed by atoms with Crippen LogP contribution < -0.4 is 16.5 Å². The first-order valence-electron chi connectivity index (χ1n) is 10.8. The Labute approximate surface area is 217 Å². The lowest BCUT2D eigenvalue weighted by atomic mass is 10.00. The van der Waals surface area contributed by atoms with Crippen LogP contribution in [0.25, 0.3) is 0 Å². The van der Waals surface area contributed by atoms with Gasteiger partial charge in [0.25, 0.3) is 5.91 Å². The average molecular weight is 610 g/mol. The van der Waals surface area contributed by atoms with Crippen molar-refractivity contribution >= 4 is 45.7 Å². The van der Waals surface area contributed by atoms with Crippen LogP contribution in [0.2, 0.25) is 0 Å². The zero-order valence-electron chi connectivity index (χ0n) is 18.6. The van der Waals surface area contributed by atoms with Crippen LogP contribution in [0.1, 0.15) is 34.3 Å². The van der Waals surface area contributed by atoms with Crippen LogP contribution in [0, 0.1) is 44.6 Å². The van der Waals surface area contributed by atoms with Crippen LogP contribution in [0.3, 0.4) is 0 Å². The number of pyridine rings is 1. The molecule has 0 radical (unpaired) electrons. The summed E-state index contributed by atoms with van der Waals surface area (Å²) in [5.74, 6) is 0.272. The van der Waals surface area contributed by atoms with Crippen LogP contribution in [0.4, 0.5) is 34.8 Å². The fourth-order valence-electron chi connectivity index (χ4n) is 3.28. The topological polar surface area (TPSA) is 89.3 Å². The second-order valence-electron chi connectivity index (χ2n) is 8.00. The van der Waals surface area contributed by atoms with E-state index in [1.54, 1.807) is 6.07 Å². The molecule has 0 bridgehead atoms. The van der Waals surface area contributed by atoms with E-state index in [-0.39, 0.29) is 29.0 Å². The van der Waals surface area contributed by atoms with Gasteiger partial charge in [-0.2, -0.15) is 0 Å². The van der Waals surface area contributed by atoms with Crippen molar-refractivity contribution in [3.63, 3.8) is 0 Å². The molecule has 3 aromatic rings. The van der Waals surface area contributed by atoms with Gasteiger partial charge in [0.1, 0.15) is 12.4 Å². The molecule has 4 rings (SSSR count). The van der Waals surface area contributed by atoms with Crippen LogP contribution in [-0.2, 0) is 11.3 Å². The Bertz CT molecular complexity index is 1390. The van der Waals surface area contributed by atoms with Gasteiger partial charge in [-0.3, -0.25) is 9.63 Å². The summed E-state index contributed by atoms with van der Waals surface area (Å²) in [7, 11) is 0. The number of carbonyl (C=O) groups excluding carboxylic acids is 1. The normalized spacial score (nSPS) is 12.6. The Balaban J connectivity index is 1.68. The summed E-state index contributed by atoms with van der Waals surface area (Å²) in [5.41, 5.74) is 6.03. The molecule has 6 nitrogen and oxygen atoms in total. The van der Waals surface area contributed by atoms with Gasteiger partial charge in [0, 0.05) is 22.1 Å². The minimum Gasteiger partial charge on any atom is -0.381 e. The summed E-state index contributed by atoms with van der Waals surface area (Å²) < 4.78 is 59.7. The van der Waals surface area contributed by atoms with Gasteiger partial charge in [0.2, 0.25) is 0 Å². The van der Waals surface area contributed by atoms with Gasteiger partial charge in [-0.25, -0.2) is 28.0 Å². The van der Waals surface area contributed by atoms with E-state index in [9.17, 15) is 13.6 Å². The third-order valence-corrected chi connectivity index (χ3v) is 5.96. The minimum atomic E-state index is -1.45. The van der Waals surface area contributed by atoms with Crippen molar-refractivity contribution in [1.29, 1.82) is 0 Å². The zero-order valence-corrected chi connectivity index (χ0v) is 20.8. The van der Waals surface area contributed by atoms with Crippen molar-refractivity contribution in [2.75, 3.05) is 17.7 Å². The lowest BCUT2D eigenvalue weighted by molar-refractivity contribution is 0.0438. The Morgan fingerprint density at radius 1 is 1.11 bits per heavy atom.